The van der Waals surface area contributed by atoms with Crippen LogP contribution in [0.2, 0.25) is 5.02 Å². The first-order chi connectivity index (χ1) is 19.4. The van der Waals surface area contributed by atoms with Crippen LogP contribution in [0.3, 0.4) is 0 Å². The number of hydrogen-bond donors (Lipinski definition) is 3. The number of benzene rings is 2. The van der Waals surface area contributed by atoms with Crippen molar-refractivity contribution < 1.29 is 37.7 Å². The highest BCUT2D eigenvalue weighted by Crippen LogP contribution is 2.45. The van der Waals surface area contributed by atoms with Crippen LogP contribution in [0.5, 0.6) is 17.4 Å². The largest absolute Gasteiger partial charge is 0.512 e. The Morgan fingerprint density at radius 2 is 1.90 bits per heavy atom. The minimum Gasteiger partial charge on any atom is -0.512 e. The highest BCUT2D eigenvalue weighted by molar-refractivity contribution is 6.35. The number of nitrogens with zero attached hydrogens (tertiary/aromatic N) is 1. The third-order valence-corrected chi connectivity index (χ3v) is 7.14. The molecule has 2 aliphatic rings. The van der Waals surface area contributed by atoms with Gasteiger partial charge in [-0.1, -0.05) is 29.8 Å². The summed E-state index contributed by atoms with van der Waals surface area (Å²) >= 11 is 6.36. The Labute approximate surface area is 238 Å². The van der Waals surface area contributed by atoms with Crippen molar-refractivity contribution in [1.82, 2.24) is 4.98 Å². The van der Waals surface area contributed by atoms with E-state index in [-0.39, 0.29) is 58.9 Å². The summed E-state index contributed by atoms with van der Waals surface area (Å²) in [5, 5.41) is 29.3. The van der Waals surface area contributed by atoms with E-state index in [1.165, 1.54) is 24.3 Å². The summed E-state index contributed by atoms with van der Waals surface area (Å²) in [5.74, 6) is -1.61. The predicted octanol–water partition coefficient (Wildman–Crippen LogP) is 8.01. The molecule has 0 radical (unpaired) electrons. The van der Waals surface area contributed by atoms with Crippen molar-refractivity contribution in [2.75, 3.05) is 6.61 Å². The van der Waals surface area contributed by atoms with Crippen LogP contribution in [0.1, 0.15) is 52.0 Å². The summed E-state index contributed by atoms with van der Waals surface area (Å²) < 4.78 is 53.7. The number of pyridine rings is 1. The third-order valence-electron chi connectivity index (χ3n) is 6.82. The number of carboxylic acid groups (broad SMARTS) is 1. The van der Waals surface area contributed by atoms with Crippen LogP contribution in [0.4, 0.5) is 13.2 Å². The van der Waals surface area contributed by atoms with Crippen molar-refractivity contribution in [2.45, 2.75) is 32.4 Å². The van der Waals surface area contributed by atoms with Crippen molar-refractivity contribution in [1.29, 1.82) is 5.41 Å². The number of hydrogen-bond acceptors (Lipinski definition) is 6. The smallest absolute Gasteiger partial charge is 0.418 e. The topological polar surface area (TPSA) is 113 Å². The highest BCUT2D eigenvalue weighted by Gasteiger charge is 2.39. The first-order valence-electron chi connectivity index (χ1n) is 12.7. The number of aromatic carboxylic acids is 1. The fourth-order valence-electron chi connectivity index (χ4n) is 4.56. The van der Waals surface area contributed by atoms with Crippen LogP contribution in [-0.4, -0.2) is 39.7 Å². The molecule has 3 aromatic rings. The second-order valence-corrected chi connectivity index (χ2v) is 10.2. The van der Waals surface area contributed by atoms with Gasteiger partial charge in [-0.2, -0.15) is 13.2 Å². The first kappa shape index (κ1) is 28.2. The van der Waals surface area contributed by atoms with Crippen LogP contribution >= 0.6 is 11.6 Å². The van der Waals surface area contributed by atoms with Gasteiger partial charge in [0.05, 0.1) is 28.5 Å². The van der Waals surface area contributed by atoms with Gasteiger partial charge in [0.15, 0.2) is 5.75 Å². The molecule has 0 saturated heterocycles. The van der Waals surface area contributed by atoms with E-state index in [1.807, 2.05) is 13.0 Å². The quantitative estimate of drug-likeness (QED) is 0.183. The van der Waals surface area contributed by atoms with E-state index in [2.05, 4.69) is 4.98 Å². The molecule has 41 heavy (non-hydrogen) atoms. The number of halogens is 4. The number of rotatable bonds is 8. The van der Waals surface area contributed by atoms with Crippen molar-refractivity contribution in [3.8, 4) is 17.4 Å². The normalized spacial score (nSPS) is 15.0. The van der Waals surface area contributed by atoms with Crippen LogP contribution < -0.4 is 9.47 Å². The van der Waals surface area contributed by atoms with E-state index >= 15 is 0 Å². The molecular formula is C30H24ClF3N2O5. The Balaban J connectivity index is 1.42. The van der Waals surface area contributed by atoms with E-state index < -0.39 is 23.4 Å². The van der Waals surface area contributed by atoms with Gasteiger partial charge in [0.1, 0.15) is 17.2 Å². The molecule has 5 rings (SSSR count). The Hall–Kier alpha value is -4.31. The molecule has 2 heterocycles. The molecule has 3 N–H and O–H groups in total. The van der Waals surface area contributed by atoms with Crippen LogP contribution in [0, 0.1) is 18.3 Å². The number of aryl methyl sites for hydroxylation is 1. The van der Waals surface area contributed by atoms with E-state index in [0.717, 1.165) is 30.5 Å². The summed E-state index contributed by atoms with van der Waals surface area (Å²) in [6, 6.07) is 11.4. The maximum atomic E-state index is 14.1. The lowest BCUT2D eigenvalue weighted by Crippen LogP contribution is -2.14. The van der Waals surface area contributed by atoms with E-state index in [1.54, 1.807) is 12.1 Å². The van der Waals surface area contributed by atoms with Gasteiger partial charge < -0.3 is 19.7 Å². The molecule has 1 saturated carbocycles. The zero-order valence-corrected chi connectivity index (χ0v) is 22.4. The number of fused-ring (bicyclic) bond motifs is 2. The van der Waals surface area contributed by atoms with Gasteiger partial charge in [0, 0.05) is 35.1 Å². The Morgan fingerprint density at radius 3 is 2.56 bits per heavy atom. The number of ether oxygens (including phenoxy) is 2. The van der Waals surface area contributed by atoms with Gasteiger partial charge in [0.25, 0.3) is 0 Å². The second-order valence-electron chi connectivity index (χ2n) is 9.76. The highest BCUT2D eigenvalue weighted by atomic mass is 35.5. The van der Waals surface area contributed by atoms with Crippen molar-refractivity contribution in [3.63, 3.8) is 0 Å². The molecule has 1 fully saturated rings. The number of carbonyl (C=O) groups is 1. The van der Waals surface area contributed by atoms with E-state index in [4.69, 9.17) is 26.5 Å². The molecular weight excluding hydrogens is 561 g/mol. The Bertz CT molecular complexity index is 1610. The van der Waals surface area contributed by atoms with Gasteiger partial charge in [0.2, 0.25) is 5.88 Å². The summed E-state index contributed by atoms with van der Waals surface area (Å²) in [6.45, 7) is 1.73. The zero-order valence-electron chi connectivity index (χ0n) is 21.7. The number of aliphatic hydroxyl groups is 1. The van der Waals surface area contributed by atoms with Crippen LogP contribution in [0.15, 0.2) is 59.9 Å². The molecule has 1 aliphatic carbocycles. The van der Waals surface area contributed by atoms with Crippen molar-refractivity contribution in [3.05, 3.63) is 92.8 Å². The van der Waals surface area contributed by atoms with Crippen LogP contribution in [0.25, 0.3) is 11.6 Å². The maximum absolute atomic E-state index is 14.1. The predicted molar refractivity (Wildman–Crippen MR) is 147 cm³/mol. The number of allylic oxidation sites excluding steroid dienone is 2. The molecule has 212 valence electrons. The minimum absolute atomic E-state index is 0.0431. The number of nitrogens with one attached hydrogen (secondary N) is 1. The fourth-order valence-corrected chi connectivity index (χ4v) is 4.88. The number of carboxylic acids is 1. The third kappa shape index (κ3) is 5.92. The molecule has 11 heteroatoms. The molecule has 0 spiro atoms. The van der Waals surface area contributed by atoms with E-state index in [0.29, 0.717) is 16.2 Å². The van der Waals surface area contributed by atoms with Gasteiger partial charge in [-0.25, -0.2) is 9.78 Å². The van der Waals surface area contributed by atoms with Crippen molar-refractivity contribution >= 4 is 34.9 Å². The lowest BCUT2D eigenvalue weighted by molar-refractivity contribution is -0.0686. The maximum Gasteiger partial charge on any atom is 0.418 e. The number of aromatic nitrogens is 1. The van der Waals surface area contributed by atoms with Gasteiger partial charge in [-0.05, 0) is 55.7 Å². The molecule has 0 bridgehead atoms. The summed E-state index contributed by atoms with van der Waals surface area (Å²) in [6.07, 6.45) is -2.27. The van der Waals surface area contributed by atoms with Gasteiger partial charge in [-0.15, -0.1) is 0 Å². The molecule has 2 aromatic carbocycles. The van der Waals surface area contributed by atoms with Gasteiger partial charge in [-0.3, -0.25) is 5.41 Å². The average molecular weight is 585 g/mol. The lowest BCUT2D eigenvalue weighted by Gasteiger charge is -2.17. The summed E-state index contributed by atoms with van der Waals surface area (Å²) in [7, 11) is 0. The minimum atomic E-state index is -4.80. The first-order valence-corrected chi connectivity index (χ1v) is 13.1. The average Bonchev–Trinajstić information content (AvgIpc) is 3.76. The Kier molecular flexibility index (Phi) is 7.52. The monoisotopic (exact) mass is 584 g/mol. The SMILES string of the molecule is Cc1cccc(Cl)c1C(=N)/C(CCOc1ccc2c(n1)C(C(F)(F)F)=Cc1ccc(C(=O)O)cc1O2)=C(\O)C1CC1. The summed E-state index contributed by atoms with van der Waals surface area (Å²) in [4.78, 5) is 15.4. The Morgan fingerprint density at radius 1 is 1.15 bits per heavy atom. The van der Waals surface area contributed by atoms with Crippen molar-refractivity contribution in [2.24, 2.45) is 5.92 Å². The number of aliphatic hydroxyl groups excluding tert-OH is 1. The molecule has 1 aromatic heterocycles. The van der Waals surface area contributed by atoms with E-state index in [9.17, 15) is 28.2 Å². The molecule has 0 atom stereocenters. The zero-order chi connectivity index (χ0) is 29.5. The molecule has 0 unspecified atom stereocenters. The van der Waals surface area contributed by atoms with Gasteiger partial charge >= 0.3 is 12.1 Å². The lowest BCUT2D eigenvalue weighted by atomic mass is 9.94. The molecule has 7 nitrogen and oxygen atoms in total. The summed E-state index contributed by atoms with van der Waals surface area (Å²) in [5.41, 5.74) is -0.0316. The number of alkyl halides is 3. The fraction of sp³-hybridized carbons (Fsp3) is 0.233. The van der Waals surface area contributed by atoms with Crippen LogP contribution in [-0.2, 0) is 0 Å². The molecule has 1 aliphatic heterocycles. The molecule has 0 amide bonds. The second kappa shape index (κ2) is 10.9. The standard InChI is InChI=1S/C30H24ClF3N2O5/c1-15-3-2-4-21(31)25(15)26(35)19(28(37)16-5-6-16)11-12-40-24-10-9-22-27(36-24)20(30(32,33)34)13-17-7-8-18(29(38)39)14-23(17)41-22/h2-4,7-10,13-14,16,35,37H,5-6,11-12H2,1H3,(H,38,39)/b28-19-,35-26?.